The van der Waals surface area contributed by atoms with E-state index < -0.39 is 0 Å². The molecule has 8 heteroatoms. The van der Waals surface area contributed by atoms with Crippen LogP contribution in [0.4, 0.5) is 5.69 Å². The monoisotopic (exact) mass is 427 g/mol. The lowest BCUT2D eigenvalue weighted by molar-refractivity contribution is -0.385. The van der Waals surface area contributed by atoms with E-state index in [1.54, 1.807) is 12.1 Å². The van der Waals surface area contributed by atoms with Crippen molar-refractivity contribution in [1.82, 2.24) is 10.2 Å². The Morgan fingerprint density at radius 3 is 2.48 bits per heavy atom. The first-order valence-corrected chi connectivity index (χ1v) is 8.22. The summed E-state index contributed by atoms with van der Waals surface area (Å²) in [5, 5.41) is 14.5. The van der Waals surface area contributed by atoms with Gasteiger partial charge in [-0.15, -0.1) is 24.8 Å². The molecule has 1 aliphatic rings. The molecule has 1 N–H and O–H groups in total. The molecule has 1 fully saturated rings. The van der Waals surface area contributed by atoms with Crippen molar-refractivity contribution in [2.24, 2.45) is 5.92 Å². The highest BCUT2D eigenvalue weighted by Gasteiger charge is 2.28. The van der Waals surface area contributed by atoms with Gasteiger partial charge in [-0.05, 0) is 33.5 Å². The molecule has 2 rings (SSSR count). The Kier molecular flexibility index (Phi) is 10.3. The van der Waals surface area contributed by atoms with E-state index in [1.807, 2.05) is 6.07 Å². The molecular weight excluding hydrogens is 405 g/mol. The van der Waals surface area contributed by atoms with Crippen molar-refractivity contribution in [3.63, 3.8) is 0 Å². The first-order valence-electron chi connectivity index (χ1n) is 7.43. The number of nitro groups is 1. The summed E-state index contributed by atoms with van der Waals surface area (Å²) in [5.74, 6) is 0.462. The van der Waals surface area contributed by atoms with Crippen LogP contribution >= 0.6 is 40.7 Å². The predicted molar refractivity (Wildman–Crippen MR) is 102 cm³/mol. The van der Waals surface area contributed by atoms with Gasteiger partial charge in [-0.25, -0.2) is 0 Å². The van der Waals surface area contributed by atoms with Gasteiger partial charge in [0.25, 0.3) is 5.69 Å². The predicted octanol–water partition coefficient (Wildman–Crippen LogP) is 4.19. The average Bonchev–Trinajstić information content (AvgIpc) is 2.49. The first-order chi connectivity index (χ1) is 10.0. The number of benzene rings is 1. The quantitative estimate of drug-likeness (QED) is 0.564. The van der Waals surface area contributed by atoms with Gasteiger partial charge < -0.3 is 5.32 Å². The Morgan fingerprint density at radius 2 is 1.96 bits per heavy atom. The third kappa shape index (κ3) is 5.57. The van der Waals surface area contributed by atoms with Crippen LogP contribution in [0, 0.1) is 16.0 Å². The third-order valence-corrected chi connectivity index (χ3v) is 4.91. The van der Waals surface area contributed by atoms with Gasteiger partial charge in [-0.1, -0.05) is 26.3 Å². The fourth-order valence-electron chi connectivity index (χ4n) is 2.94. The second-order valence-corrected chi connectivity index (χ2v) is 6.44. The van der Waals surface area contributed by atoms with E-state index in [4.69, 9.17) is 0 Å². The minimum atomic E-state index is -0.320. The number of halogens is 3. The van der Waals surface area contributed by atoms with E-state index in [0.717, 1.165) is 38.2 Å². The summed E-state index contributed by atoms with van der Waals surface area (Å²) < 4.78 is 0.541. The fourth-order valence-corrected chi connectivity index (χ4v) is 3.33. The maximum Gasteiger partial charge on any atom is 0.283 e. The number of hydrogen-bond donors (Lipinski definition) is 1. The summed E-state index contributed by atoms with van der Waals surface area (Å²) in [6.45, 7) is 8.32. The van der Waals surface area contributed by atoms with Crippen molar-refractivity contribution < 1.29 is 4.92 Å². The van der Waals surface area contributed by atoms with Crippen LogP contribution in [0.3, 0.4) is 0 Å². The minimum absolute atomic E-state index is 0. The highest BCUT2D eigenvalue weighted by atomic mass is 79.9. The summed E-state index contributed by atoms with van der Waals surface area (Å²) in [7, 11) is 0. The molecule has 0 bridgehead atoms. The van der Waals surface area contributed by atoms with Crippen LogP contribution in [0.5, 0.6) is 0 Å². The van der Waals surface area contributed by atoms with Gasteiger partial charge in [0, 0.05) is 38.3 Å². The molecule has 2 atom stereocenters. The van der Waals surface area contributed by atoms with Crippen LogP contribution in [0.1, 0.15) is 31.9 Å². The highest BCUT2D eigenvalue weighted by Crippen LogP contribution is 2.35. The van der Waals surface area contributed by atoms with E-state index in [0.29, 0.717) is 10.4 Å². The van der Waals surface area contributed by atoms with Crippen LogP contribution in [-0.2, 0) is 0 Å². The lowest BCUT2D eigenvalue weighted by atomic mass is 9.90. The standard InChI is InChI=1S/C15H22BrN3O2.2ClH/c1-3-11(2)15(18-8-6-17-7-9-18)12-4-5-13(16)14(10-12)19(20)21;;/h4-5,10-11,15,17H,3,6-9H2,1-2H3;2*1H/t11?,15-;;/m0../s1. The first kappa shape index (κ1) is 22.6. The Bertz CT molecular complexity index is 513. The number of piperazine rings is 1. The summed E-state index contributed by atoms with van der Waals surface area (Å²) in [6.07, 6.45) is 1.05. The van der Waals surface area contributed by atoms with E-state index in [-0.39, 0.29) is 41.5 Å². The van der Waals surface area contributed by atoms with E-state index >= 15 is 0 Å². The summed E-state index contributed by atoms with van der Waals surface area (Å²) in [5.41, 5.74) is 1.19. The molecule has 132 valence electrons. The molecule has 1 unspecified atom stereocenters. The summed E-state index contributed by atoms with van der Waals surface area (Å²) in [4.78, 5) is 13.3. The van der Waals surface area contributed by atoms with Gasteiger partial charge in [0.2, 0.25) is 0 Å². The van der Waals surface area contributed by atoms with E-state index in [1.165, 1.54) is 0 Å². The van der Waals surface area contributed by atoms with Crippen LogP contribution in [-0.4, -0.2) is 36.0 Å². The SMILES string of the molecule is CCC(C)[C@@H](c1ccc(Br)c([N+](=O)[O-])c1)N1CCNCC1.Cl.Cl. The molecule has 0 saturated carbocycles. The molecular formula is C15H24BrCl2N3O2. The van der Waals surface area contributed by atoms with Gasteiger partial charge in [-0.2, -0.15) is 0 Å². The number of nitro benzene ring substituents is 1. The molecule has 0 aromatic heterocycles. The van der Waals surface area contributed by atoms with Crippen molar-refractivity contribution in [2.45, 2.75) is 26.3 Å². The van der Waals surface area contributed by atoms with E-state index in [9.17, 15) is 10.1 Å². The maximum atomic E-state index is 11.2. The largest absolute Gasteiger partial charge is 0.314 e. The lowest BCUT2D eigenvalue weighted by Gasteiger charge is -2.38. The van der Waals surface area contributed by atoms with Gasteiger partial charge >= 0.3 is 0 Å². The van der Waals surface area contributed by atoms with Gasteiger partial charge in [0.05, 0.1) is 9.40 Å². The number of nitrogens with zero attached hydrogens (tertiary/aromatic N) is 2. The van der Waals surface area contributed by atoms with Crippen LogP contribution in [0.25, 0.3) is 0 Å². The van der Waals surface area contributed by atoms with Crippen molar-refractivity contribution in [2.75, 3.05) is 26.2 Å². The summed E-state index contributed by atoms with van der Waals surface area (Å²) in [6, 6.07) is 5.77. The number of rotatable bonds is 5. The smallest absolute Gasteiger partial charge is 0.283 e. The Hall–Kier alpha value is -0.400. The minimum Gasteiger partial charge on any atom is -0.314 e. The molecule has 0 spiro atoms. The normalized spacial score (nSPS) is 17.5. The van der Waals surface area contributed by atoms with Crippen molar-refractivity contribution in [3.8, 4) is 0 Å². The van der Waals surface area contributed by atoms with Crippen molar-refractivity contribution in [1.29, 1.82) is 0 Å². The van der Waals surface area contributed by atoms with Crippen molar-refractivity contribution >= 4 is 46.4 Å². The molecule has 1 aliphatic heterocycles. The second kappa shape index (κ2) is 10.5. The Labute approximate surface area is 158 Å². The number of hydrogen-bond acceptors (Lipinski definition) is 4. The Morgan fingerprint density at radius 1 is 1.35 bits per heavy atom. The van der Waals surface area contributed by atoms with Crippen molar-refractivity contribution in [3.05, 3.63) is 38.3 Å². The van der Waals surface area contributed by atoms with Gasteiger partial charge in [0.15, 0.2) is 0 Å². The second-order valence-electron chi connectivity index (χ2n) is 5.58. The lowest BCUT2D eigenvalue weighted by Crippen LogP contribution is -2.46. The molecule has 1 saturated heterocycles. The molecule has 1 aromatic carbocycles. The molecule has 23 heavy (non-hydrogen) atoms. The van der Waals surface area contributed by atoms with Crippen LogP contribution in [0.2, 0.25) is 0 Å². The average molecular weight is 429 g/mol. The van der Waals surface area contributed by atoms with Gasteiger partial charge in [0.1, 0.15) is 0 Å². The Balaban J connectivity index is 0.00000242. The number of nitrogens with one attached hydrogen (secondary N) is 1. The molecule has 5 nitrogen and oxygen atoms in total. The molecule has 1 heterocycles. The van der Waals surface area contributed by atoms with Crippen LogP contribution < -0.4 is 5.32 Å². The molecule has 0 aliphatic carbocycles. The van der Waals surface area contributed by atoms with Gasteiger partial charge in [-0.3, -0.25) is 15.0 Å². The fraction of sp³-hybridized carbons (Fsp3) is 0.600. The zero-order valence-corrected chi connectivity index (χ0v) is 16.5. The zero-order chi connectivity index (χ0) is 15.4. The molecule has 0 amide bonds. The van der Waals surface area contributed by atoms with Crippen LogP contribution in [0.15, 0.2) is 22.7 Å². The molecule has 0 radical (unpaired) electrons. The maximum absolute atomic E-state index is 11.2. The summed E-state index contributed by atoms with van der Waals surface area (Å²) >= 11 is 3.27. The van der Waals surface area contributed by atoms with E-state index in [2.05, 4.69) is 40.0 Å². The zero-order valence-electron chi connectivity index (χ0n) is 13.3. The molecule has 1 aromatic rings. The third-order valence-electron chi connectivity index (χ3n) is 4.24. The highest BCUT2D eigenvalue weighted by molar-refractivity contribution is 9.10. The topological polar surface area (TPSA) is 58.4 Å².